The van der Waals surface area contributed by atoms with Gasteiger partial charge in [0.25, 0.3) is 10.0 Å². The van der Waals surface area contributed by atoms with E-state index >= 15 is 0 Å². The maximum Gasteiger partial charge on any atom is 0.279 e. The lowest BCUT2D eigenvalue weighted by molar-refractivity contribution is 0.595. The zero-order valence-electron chi connectivity index (χ0n) is 10.1. The average molecular weight is 301 g/mol. The molecule has 3 N–H and O–H groups in total. The fourth-order valence-electron chi connectivity index (χ4n) is 1.59. The van der Waals surface area contributed by atoms with E-state index < -0.39 is 10.0 Å². The van der Waals surface area contributed by atoms with Gasteiger partial charge in [0.1, 0.15) is 0 Å². The predicted molar refractivity (Wildman–Crippen MR) is 73.6 cm³/mol. The highest BCUT2D eigenvalue weighted by atomic mass is 35.5. The van der Waals surface area contributed by atoms with Crippen molar-refractivity contribution in [3.05, 3.63) is 41.0 Å². The minimum atomic E-state index is -3.74. The zero-order valence-corrected chi connectivity index (χ0v) is 11.7. The van der Waals surface area contributed by atoms with Crippen LogP contribution in [0.2, 0.25) is 5.02 Å². The average Bonchev–Trinajstić information content (AvgIpc) is 2.81. The van der Waals surface area contributed by atoms with Gasteiger partial charge in [0.05, 0.1) is 16.9 Å². The number of benzene rings is 1. The molecule has 0 radical (unpaired) electrons. The molecule has 2 aromatic rings. The Morgan fingerprint density at radius 2 is 2.11 bits per heavy atom. The summed E-state index contributed by atoms with van der Waals surface area (Å²) in [6.45, 7) is 0.398. The topological polar surface area (TPSA) is 86.9 Å². The summed E-state index contributed by atoms with van der Waals surface area (Å²) in [4.78, 5) is 0. The van der Waals surface area contributed by atoms with Crippen LogP contribution in [-0.2, 0) is 16.6 Å². The van der Waals surface area contributed by atoms with Crippen molar-refractivity contribution < 1.29 is 8.42 Å². The number of H-pyrrole nitrogens is 1. The summed E-state index contributed by atoms with van der Waals surface area (Å²) in [6, 6.07) is 6.63. The first-order valence-corrected chi connectivity index (χ1v) is 7.35. The highest BCUT2D eigenvalue weighted by molar-refractivity contribution is 7.92. The van der Waals surface area contributed by atoms with Crippen LogP contribution in [0.1, 0.15) is 5.56 Å². The minimum Gasteiger partial charge on any atom is -0.316 e. The molecule has 102 valence electrons. The molecular weight excluding hydrogens is 288 g/mol. The molecule has 2 rings (SSSR count). The molecule has 1 aromatic heterocycles. The third-order valence-corrected chi connectivity index (χ3v) is 4.14. The molecule has 19 heavy (non-hydrogen) atoms. The summed E-state index contributed by atoms with van der Waals surface area (Å²) in [6.07, 6.45) is 1.47. The van der Waals surface area contributed by atoms with E-state index in [0.29, 0.717) is 22.8 Å². The molecule has 0 spiro atoms. The molecule has 6 nitrogen and oxygen atoms in total. The normalized spacial score (nSPS) is 11.5. The maximum absolute atomic E-state index is 12.2. The van der Waals surface area contributed by atoms with Crippen LogP contribution in [0.3, 0.4) is 0 Å². The third kappa shape index (κ3) is 3.06. The monoisotopic (exact) mass is 300 g/mol. The summed E-state index contributed by atoms with van der Waals surface area (Å²) in [5.74, 6) is 0. The number of rotatable bonds is 5. The number of aromatic nitrogens is 2. The number of nitrogens with one attached hydrogen (secondary N) is 3. The molecule has 0 aliphatic heterocycles. The Balaban J connectivity index is 2.33. The van der Waals surface area contributed by atoms with Crippen molar-refractivity contribution in [3.63, 3.8) is 0 Å². The number of halogens is 1. The van der Waals surface area contributed by atoms with Crippen LogP contribution in [0.4, 0.5) is 5.69 Å². The van der Waals surface area contributed by atoms with Gasteiger partial charge in [-0.15, -0.1) is 0 Å². The lowest BCUT2D eigenvalue weighted by atomic mass is 10.3. The Morgan fingerprint density at radius 1 is 1.37 bits per heavy atom. The van der Waals surface area contributed by atoms with Crippen molar-refractivity contribution in [2.75, 3.05) is 11.8 Å². The van der Waals surface area contributed by atoms with E-state index in [1.54, 1.807) is 31.3 Å². The van der Waals surface area contributed by atoms with E-state index in [4.69, 9.17) is 11.6 Å². The van der Waals surface area contributed by atoms with Crippen LogP contribution in [0.25, 0.3) is 0 Å². The summed E-state index contributed by atoms with van der Waals surface area (Å²) in [7, 11) is -2.01. The molecule has 0 fully saturated rings. The van der Waals surface area contributed by atoms with Crippen LogP contribution in [0.15, 0.2) is 35.5 Å². The standard InChI is InChI=1S/C11H13ClN4O2S/c1-13-6-8-7-14-15-11(8)19(17,18)16-10-5-3-2-4-9(10)12/h2-5,7,13,16H,6H2,1H3,(H,14,15). The molecular formula is C11H13ClN4O2S. The molecule has 0 saturated heterocycles. The van der Waals surface area contributed by atoms with E-state index in [9.17, 15) is 8.42 Å². The van der Waals surface area contributed by atoms with Gasteiger partial charge in [-0.2, -0.15) is 13.5 Å². The highest BCUT2D eigenvalue weighted by Crippen LogP contribution is 2.24. The number of nitrogens with zero attached hydrogens (tertiary/aromatic N) is 1. The highest BCUT2D eigenvalue weighted by Gasteiger charge is 2.21. The van der Waals surface area contributed by atoms with Gasteiger partial charge in [-0.25, -0.2) is 0 Å². The van der Waals surface area contributed by atoms with Gasteiger partial charge in [-0.3, -0.25) is 9.82 Å². The summed E-state index contributed by atoms with van der Waals surface area (Å²) in [5.41, 5.74) is 0.885. The van der Waals surface area contributed by atoms with Crippen molar-refractivity contribution >= 4 is 27.3 Å². The smallest absolute Gasteiger partial charge is 0.279 e. The number of para-hydroxylation sites is 1. The fourth-order valence-corrected chi connectivity index (χ4v) is 3.04. The van der Waals surface area contributed by atoms with Crippen LogP contribution < -0.4 is 10.0 Å². The zero-order chi connectivity index (χ0) is 13.9. The largest absolute Gasteiger partial charge is 0.316 e. The number of hydrogen-bond donors (Lipinski definition) is 3. The molecule has 0 bridgehead atoms. The minimum absolute atomic E-state index is 0.0294. The van der Waals surface area contributed by atoms with Gasteiger partial charge in [0.15, 0.2) is 5.03 Å². The molecule has 0 amide bonds. The second-order valence-electron chi connectivity index (χ2n) is 3.84. The Bertz CT molecular complexity index is 669. The summed E-state index contributed by atoms with van der Waals surface area (Å²) >= 11 is 5.93. The Hall–Kier alpha value is -1.57. The van der Waals surface area contributed by atoms with Crippen molar-refractivity contribution in [2.45, 2.75) is 11.6 Å². The second-order valence-corrected chi connectivity index (χ2v) is 5.87. The van der Waals surface area contributed by atoms with Gasteiger partial charge >= 0.3 is 0 Å². The van der Waals surface area contributed by atoms with Crippen molar-refractivity contribution in [1.82, 2.24) is 15.5 Å². The second kappa shape index (κ2) is 5.60. The van der Waals surface area contributed by atoms with Crippen molar-refractivity contribution in [3.8, 4) is 0 Å². The molecule has 1 heterocycles. The van der Waals surface area contributed by atoms with Crippen molar-refractivity contribution in [1.29, 1.82) is 0 Å². The first-order valence-electron chi connectivity index (χ1n) is 5.49. The maximum atomic E-state index is 12.2. The first-order chi connectivity index (χ1) is 9.04. The van der Waals surface area contributed by atoms with Gasteiger partial charge in [-0.05, 0) is 19.2 Å². The molecule has 0 aliphatic carbocycles. The van der Waals surface area contributed by atoms with Crippen LogP contribution in [-0.4, -0.2) is 25.7 Å². The van der Waals surface area contributed by atoms with Crippen LogP contribution in [0.5, 0.6) is 0 Å². The van der Waals surface area contributed by atoms with E-state index in [1.807, 2.05) is 0 Å². The number of anilines is 1. The molecule has 0 unspecified atom stereocenters. The molecule has 0 atom stereocenters. The van der Waals surface area contributed by atoms with Crippen LogP contribution in [0, 0.1) is 0 Å². The summed E-state index contributed by atoms with van der Waals surface area (Å²) < 4.78 is 26.9. The molecule has 0 saturated carbocycles. The molecule has 8 heteroatoms. The summed E-state index contributed by atoms with van der Waals surface area (Å²) in [5, 5.41) is 9.48. The van der Waals surface area contributed by atoms with Gasteiger partial charge in [0, 0.05) is 12.1 Å². The third-order valence-electron chi connectivity index (χ3n) is 2.43. The van der Waals surface area contributed by atoms with E-state index in [0.717, 1.165) is 0 Å². The Morgan fingerprint density at radius 3 is 2.79 bits per heavy atom. The first kappa shape index (κ1) is 13.9. The SMILES string of the molecule is CNCc1cn[nH]c1S(=O)(=O)Nc1ccccc1Cl. The number of hydrogen-bond acceptors (Lipinski definition) is 4. The van der Waals surface area contributed by atoms with Gasteiger partial charge in [0.2, 0.25) is 0 Å². The predicted octanol–water partition coefficient (Wildman–Crippen LogP) is 1.58. The van der Waals surface area contributed by atoms with Gasteiger partial charge in [-0.1, -0.05) is 23.7 Å². The van der Waals surface area contributed by atoms with E-state index in [-0.39, 0.29) is 5.03 Å². The molecule has 1 aromatic carbocycles. The van der Waals surface area contributed by atoms with Crippen molar-refractivity contribution in [2.24, 2.45) is 0 Å². The number of aromatic amines is 1. The quantitative estimate of drug-likeness (QED) is 0.782. The lowest BCUT2D eigenvalue weighted by Gasteiger charge is -2.09. The number of sulfonamides is 1. The van der Waals surface area contributed by atoms with E-state index in [2.05, 4.69) is 20.2 Å². The lowest BCUT2D eigenvalue weighted by Crippen LogP contribution is -2.17. The van der Waals surface area contributed by atoms with Gasteiger partial charge < -0.3 is 5.32 Å². The van der Waals surface area contributed by atoms with E-state index in [1.165, 1.54) is 6.20 Å². The Kier molecular flexibility index (Phi) is 4.08. The molecule has 0 aliphatic rings. The fraction of sp³-hybridized carbons (Fsp3) is 0.182. The Labute approximate surface area is 116 Å². The van der Waals surface area contributed by atoms with Crippen LogP contribution >= 0.6 is 11.6 Å².